The van der Waals surface area contributed by atoms with Gasteiger partial charge in [0.25, 0.3) is 0 Å². The molecule has 2 fully saturated rings. The molecule has 6 nitrogen and oxygen atoms in total. The molecule has 188 valence electrons. The third kappa shape index (κ3) is 4.71. The quantitative estimate of drug-likeness (QED) is 0.499. The minimum Gasteiger partial charge on any atom is -0.378 e. The Hall–Kier alpha value is -2.63. The Morgan fingerprint density at radius 1 is 1.03 bits per heavy atom. The number of piperazine rings is 1. The van der Waals surface area contributed by atoms with Crippen LogP contribution in [-0.2, 0) is 15.9 Å². The summed E-state index contributed by atoms with van der Waals surface area (Å²) in [6.07, 6.45) is 2.23. The van der Waals surface area contributed by atoms with Crippen molar-refractivity contribution >= 4 is 32.8 Å². The molecule has 0 spiro atoms. The van der Waals surface area contributed by atoms with Crippen molar-refractivity contribution in [1.29, 1.82) is 5.26 Å². The van der Waals surface area contributed by atoms with E-state index in [1.165, 1.54) is 32.6 Å². The van der Waals surface area contributed by atoms with Crippen molar-refractivity contribution in [3.63, 3.8) is 0 Å². The Labute approximate surface area is 217 Å². The maximum Gasteiger partial charge on any atom is 0.0992 e. The van der Waals surface area contributed by atoms with Crippen LogP contribution in [0.2, 0.25) is 0 Å². The minimum absolute atomic E-state index is 0.188. The van der Waals surface area contributed by atoms with Gasteiger partial charge in [0.05, 0.1) is 43.2 Å². The number of ether oxygens (including phenoxy) is 2. The molecule has 3 aliphatic heterocycles. The Morgan fingerprint density at radius 3 is 2.75 bits per heavy atom. The lowest BCUT2D eigenvalue weighted by atomic mass is 9.94. The van der Waals surface area contributed by atoms with Crippen LogP contribution < -0.4 is 9.80 Å². The molecule has 2 saturated heterocycles. The Bertz CT molecular complexity index is 1260. The first-order valence-electron chi connectivity index (χ1n) is 13.2. The molecule has 3 aliphatic rings. The van der Waals surface area contributed by atoms with Crippen LogP contribution in [0.15, 0.2) is 41.8 Å². The fourth-order valence-corrected chi connectivity index (χ4v) is 6.95. The molecule has 0 bridgehead atoms. The molecule has 6 rings (SSSR count). The number of anilines is 2. The van der Waals surface area contributed by atoms with E-state index in [0.717, 1.165) is 77.5 Å². The van der Waals surface area contributed by atoms with E-state index in [0.29, 0.717) is 6.04 Å². The van der Waals surface area contributed by atoms with E-state index >= 15 is 0 Å². The van der Waals surface area contributed by atoms with Gasteiger partial charge in [-0.05, 0) is 55.2 Å². The molecule has 1 aromatic heterocycles. The highest BCUT2D eigenvalue weighted by atomic mass is 32.1. The van der Waals surface area contributed by atoms with Crippen LogP contribution in [0.1, 0.15) is 36.1 Å². The third-order valence-electron chi connectivity index (χ3n) is 8.01. The Morgan fingerprint density at radius 2 is 1.92 bits per heavy atom. The average molecular weight is 503 g/mol. The maximum absolute atomic E-state index is 9.21. The van der Waals surface area contributed by atoms with Crippen LogP contribution in [0, 0.1) is 11.3 Å². The van der Waals surface area contributed by atoms with Crippen molar-refractivity contribution in [3.05, 3.63) is 58.5 Å². The topological polar surface area (TPSA) is 52.0 Å². The van der Waals surface area contributed by atoms with Gasteiger partial charge in [0, 0.05) is 66.5 Å². The summed E-state index contributed by atoms with van der Waals surface area (Å²) in [5.74, 6) is 0. The van der Waals surface area contributed by atoms with Crippen molar-refractivity contribution in [1.82, 2.24) is 4.90 Å². The summed E-state index contributed by atoms with van der Waals surface area (Å²) in [6.45, 7) is 10.9. The fourth-order valence-electron chi connectivity index (χ4n) is 5.94. The third-order valence-corrected chi connectivity index (χ3v) is 8.94. The highest BCUT2D eigenvalue weighted by Gasteiger charge is 2.28. The zero-order chi connectivity index (χ0) is 24.5. The summed E-state index contributed by atoms with van der Waals surface area (Å²) in [5, 5.41) is 12.7. The molecular formula is C29H34N4O2S. The van der Waals surface area contributed by atoms with Gasteiger partial charge >= 0.3 is 0 Å². The number of nitrogens with zero attached hydrogens (tertiary/aromatic N) is 4. The van der Waals surface area contributed by atoms with Crippen molar-refractivity contribution in [2.75, 3.05) is 68.9 Å². The second-order valence-corrected chi connectivity index (χ2v) is 11.1. The van der Waals surface area contributed by atoms with E-state index in [9.17, 15) is 5.26 Å². The molecule has 36 heavy (non-hydrogen) atoms. The Balaban J connectivity index is 1.08. The van der Waals surface area contributed by atoms with E-state index in [-0.39, 0.29) is 6.10 Å². The zero-order valence-corrected chi connectivity index (χ0v) is 21.8. The number of rotatable bonds is 5. The van der Waals surface area contributed by atoms with Crippen LogP contribution >= 0.6 is 11.3 Å². The van der Waals surface area contributed by atoms with E-state index < -0.39 is 0 Å². The van der Waals surface area contributed by atoms with E-state index in [2.05, 4.69) is 57.3 Å². The molecular weight excluding hydrogens is 468 g/mol. The second kappa shape index (κ2) is 10.4. The zero-order valence-electron chi connectivity index (χ0n) is 21.0. The number of morpholine rings is 1. The van der Waals surface area contributed by atoms with Crippen LogP contribution in [0.5, 0.6) is 0 Å². The molecule has 7 heteroatoms. The van der Waals surface area contributed by atoms with Crippen molar-refractivity contribution in [2.45, 2.75) is 31.9 Å². The molecule has 0 radical (unpaired) electrons. The molecule has 2 aromatic carbocycles. The van der Waals surface area contributed by atoms with Crippen LogP contribution in [0.4, 0.5) is 11.4 Å². The monoisotopic (exact) mass is 502 g/mol. The number of fused-ring (bicyclic) bond motifs is 2. The molecule has 0 saturated carbocycles. The van der Waals surface area contributed by atoms with Crippen LogP contribution in [0.25, 0.3) is 10.1 Å². The van der Waals surface area contributed by atoms with Crippen LogP contribution in [0.3, 0.4) is 0 Å². The molecule has 3 aromatic rings. The predicted octanol–water partition coefficient (Wildman–Crippen LogP) is 4.82. The van der Waals surface area contributed by atoms with Crippen molar-refractivity contribution in [3.8, 4) is 6.07 Å². The van der Waals surface area contributed by atoms with Gasteiger partial charge in [-0.3, -0.25) is 4.90 Å². The number of nitriles is 1. The van der Waals surface area contributed by atoms with Gasteiger partial charge in [-0.1, -0.05) is 12.1 Å². The van der Waals surface area contributed by atoms with Gasteiger partial charge in [-0.15, -0.1) is 11.3 Å². The normalized spacial score (nSPS) is 23.0. The molecule has 2 atom stereocenters. The number of hydrogen-bond acceptors (Lipinski definition) is 7. The first kappa shape index (κ1) is 23.7. The van der Waals surface area contributed by atoms with E-state index in [1.807, 2.05) is 12.1 Å². The van der Waals surface area contributed by atoms with E-state index in [1.54, 1.807) is 11.3 Å². The Kier molecular flexibility index (Phi) is 6.85. The highest BCUT2D eigenvalue weighted by molar-refractivity contribution is 7.17. The average Bonchev–Trinajstić information content (AvgIpc) is 3.35. The highest BCUT2D eigenvalue weighted by Crippen LogP contribution is 2.36. The summed E-state index contributed by atoms with van der Waals surface area (Å²) in [6, 6.07) is 15.8. The van der Waals surface area contributed by atoms with Gasteiger partial charge in [0.1, 0.15) is 0 Å². The fraction of sp³-hybridized carbons (Fsp3) is 0.483. The number of benzene rings is 2. The molecule has 0 N–H and O–H groups in total. The first-order chi connectivity index (χ1) is 17.7. The molecule has 4 heterocycles. The lowest BCUT2D eigenvalue weighted by molar-refractivity contribution is 0.0255. The summed E-state index contributed by atoms with van der Waals surface area (Å²) in [5.41, 5.74) is 6.21. The van der Waals surface area contributed by atoms with Crippen molar-refractivity contribution < 1.29 is 9.47 Å². The maximum atomic E-state index is 9.21. The second-order valence-electron chi connectivity index (χ2n) is 10.2. The lowest BCUT2D eigenvalue weighted by Crippen LogP contribution is -2.52. The largest absolute Gasteiger partial charge is 0.378 e. The molecule has 0 amide bonds. The van der Waals surface area contributed by atoms with Gasteiger partial charge in [-0.25, -0.2) is 0 Å². The van der Waals surface area contributed by atoms with Gasteiger partial charge in [0.15, 0.2) is 0 Å². The lowest BCUT2D eigenvalue weighted by Gasteiger charge is -2.41. The first-order valence-corrected chi connectivity index (χ1v) is 14.0. The SMILES string of the molecule is C[C@@H]1CN(c2csc3cc(C#N)ccc23)CCN1CC[C@@H]1OCCc2cc(N3CCOCC3)ccc21. The summed E-state index contributed by atoms with van der Waals surface area (Å²) >= 11 is 1.74. The van der Waals surface area contributed by atoms with Gasteiger partial charge in [-0.2, -0.15) is 5.26 Å². The summed E-state index contributed by atoms with van der Waals surface area (Å²) in [7, 11) is 0. The summed E-state index contributed by atoms with van der Waals surface area (Å²) < 4.78 is 13.0. The molecule has 0 unspecified atom stereocenters. The minimum atomic E-state index is 0.188. The predicted molar refractivity (Wildman–Crippen MR) is 146 cm³/mol. The summed E-state index contributed by atoms with van der Waals surface area (Å²) in [4.78, 5) is 7.58. The van der Waals surface area contributed by atoms with Crippen molar-refractivity contribution in [2.24, 2.45) is 0 Å². The van der Waals surface area contributed by atoms with Gasteiger partial charge < -0.3 is 19.3 Å². The number of thiophene rings is 1. The number of hydrogen-bond donors (Lipinski definition) is 0. The standard InChI is InChI=1S/C29H34N4O2S/c1-21-19-33(27-20-36-29-16-22(18-30)2-4-26(27)29)10-9-31(21)8-6-28-25-5-3-24(17-23(25)7-13-35-28)32-11-14-34-15-12-32/h2-5,16-17,20-21,28H,6-15,19H2,1H3/t21-,28+/m1/s1. The smallest absolute Gasteiger partial charge is 0.0992 e. The van der Waals surface area contributed by atoms with Crippen LogP contribution in [-0.4, -0.2) is 70.0 Å². The van der Waals surface area contributed by atoms with Gasteiger partial charge in [0.2, 0.25) is 0 Å². The van der Waals surface area contributed by atoms with E-state index in [4.69, 9.17) is 9.47 Å². The molecule has 0 aliphatic carbocycles.